The van der Waals surface area contributed by atoms with Gasteiger partial charge in [-0.15, -0.1) is 5.10 Å². The smallest absolute Gasteiger partial charge is 0.238 e. The summed E-state index contributed by atoms with van der Waals surface area (Å²) in [6.07, 6.45) is 3.57. The Morgan fingerprint density at radius 3 is 2.36 bits per heavy atom. The first kappa shape index (κ1) is 18.9. The van der Waals surface area contributed by atoms with Crippen LogP contribution in [0.1, 0.15) is 25.0 Å². The normalized spacial score (nSPS) is 17.6. The van der Waals surface area contributed by atoms with Crippen LogP contribution in [0.4, 0.5) is 5.69 Å². The molecule has 1 aliphatic heterocycles. The number of nitrogens with zero attached hydrogens (tertiary/aromatic N) is 3. The van der Waals surface area contributed by atoms with Crippen molar-refractivity contribution in [3.05, 3.63) is 77.5 Å². The molecular weight excluding hydrogens is 357 g/mol. The van der Waals surface area contributed by atoms with Crippen LogP contribution in [0.15, 0.2) is 76.6 Å². The van der Waals surface area contributed by atoms with E-state index in [1.165, 1.54) is 11.3 Å². The number of likely N-dealkylation sites (N-methyl/N-ethyl adjacent to an activating group) is 1. The SMILES string of the molecule is CN1\C(=C/C=N/N=C(\O)c2ccccc2)C(C)(C)c2ccccc21.[Ni]. The number of rotatable bonds is 3. The van der Waals surface area contributed by atoms with E-state index in [2.05, 4.69) is 54.2 Å². The van der Waals surface area contributed by atoms with Gasteiger partial charge in [0.1, 0.15) is 0 Å². The van der Waals surface area contributed by atoms with Gasteiger partial charge >= 0.3 is 0 Å². The zero-order valence-corrected chi connectivity index (χ0v) is 15.4. The quantitative estimate of drug-likeness (QED) is 0.375. The predicted octanol–water partition coefficient (Wildman–Crippen LogP) is 4.29. The second-order valence-electron chi connectivity index (χ2n) is 6.31. The van der Waals surface area contributed by atoms with Crippen molar-refractivity contribution in [3.63, 3.8) is 0 Å². The van der Waals surface area contributed by atoms with Crippen molar-refractivity contribution < 1.29 is 21.6 Å². The molecule has 0 aliphatic carbocycles. The van der Waals surface area contributed by atoms with E-state index in [-0.39, 0.29) is 27.8 Å². The van der Waals surface area contributed by atoms with Gasteiger partial charge in [0.25, 0.3) is 0 Å². The van der Waals surface area contributed by atoms with Crippen LogP contribution < -0.4 is 4.90 Å². The third-order valence-corrected chi connectivity index (χ3v) is 4.42. The van der Waals surface area contributed by atoms with Gasteiger partial charge in [0, 0.05) is 45.9 Å². The molecule has 4 nitrogen and oxygen atoms in total. The minimum absolute atomic E-state index is 0. The topological polar surface area (TPSA) is 48.2 Å². The van der Waals surface area contributed by atoms with Crippen LogP contribution >= 0.6 is 0 Å². The van der Waals surface area contributed by atoms with Crippen molar-refractivity contribution in [2.24, 2.45) is 10.2 Å². The van der Waals surface area contributed by atoms with Gasteiger partial charge in [-0.2, -0.15) is 5.10 Å². The molecule has 1 aliphatic rings. The monoisotopic (exact) mass is 377 g/mol. The summed E-state index contributed by atoms with van der Waals surface area (Å²) in [5, 5.41) is 17.8. The van der Waals surface area contributed by atoms with E-state index in [1.54, 1.807) is 18.3 Å². The zero-order valence-electron chi connectivity index (χ0n) is 14.5. The standard InChI is InChI=1S/C20H21N3O.Ni/c1-20(2)16-11-7-8-12-17(16)23(3)18(20)13-14-21-22-19(24)15-9-5-4-6-10-15;/h4-14H,1-3H3,(H,22,24);/b18-13-,21-14+;. The number of aliphatic hydroxyl groups is 1. The molecule has 5 heteroatoms. The molecule has 0 saturated carbocycles. The van der Waals surface area contributed by atoms with Gasteiger partial charge < -0.3 is 10.0 Å². The molecule has 0 saturated heterocycles. The number of anilines is 1. The van der Waals surface area contributed by atoms with E-state index in [0.717, 1.165) is 5.70 Å². The Morgan fingerprint density at radius 2 is 1.68 bits per heavy atom. The Labute approximate surface area is 158 Å². The average Bonchev–Trinajstić information content (AvgIpc) is 2.80. The Bertz CT molecular complexity index is 826. The summed E-state index contributed by atoms with van der Waals surface area (Å²) in [5.41, 5.74) is 4.19. The van der Waals surface area contributed by atoms with Gasteiger partial charge in [-0.05, 0) is 29.8 Å². The Morgan fingerprint density at radius 1 is 1.04 bits per heavy atom. The second-order valence-corrected chi connectivity index (χ2v) is 6.31. The molecule has 2 aromatic carbocycles. The van der Waals surface area contributed by atoms with E-state index in [4.69, 9.17) is 0 Å². The summed E-state index contributed by atoms with van der Waals surface area (Å²) in [7, 11) is 2.05. The maximum Gasteiger partial charge on any atom is 0.238 e. The minimum Gasteiger partial charge on any atom is -0.492 e. The maximum absolute atomic E-state index is 9.91. The summed E-state index contributed by atoms with van der Waals surface area (Å²) >= 11 is 0. The number of hydrogen-bond acceptors (Lipinski definition) is 3. The zero-order chi connectivity index (χ0) is 17.2. The summed E-state index contributed by atoms with van der Waals surface area (Å²) in [4.78, 5) is 2.17. The largest absolute Gasteiger partial charge is 0.492 e. The molecule has 0 spiro atoms. The van der Waals surface area contributed by atoms with E-state index >= 15 is 0 Å². The minimum atomic E-state index is -0.0947. The summed E-state index contributed by atoms with van der Waals surface area (Å²) < 4.78 is 0. The Balaban J connectivity index is 0.00000225. The molecule has 132 valence electrons. The van der Waals surface area contributed by atoms with Crippen LogP contribution in [0.2, 0.25) is 0 Å². The van der Waals surface area contributed by atoms with Crippen LogP contribution in [0.25, 0.3) is 0 Å². The third kappa shape index (κ3) is 3.67. The Hall–Kier alpha value is -2.39. The molecule has 0 aromatic heterocycles. The van der Waals surface area contributed by atoms with Crippen molar-refractivity contribution >= 4 is 17.8 Å². The first-order chi connectivity index (χ1) is 11.5. The van der Waals surface area contributed by atoms with Gasteiger partial charge in [0.15, 0.2) is 0 Å². The fourth-order valence-electron chi connectivity index (χ4n) is 3.14. The maximum atomic E-state index is 9.91. The molecule has 2 aromatic rings. The molecule has 25 heavy (non-hydrogen) atoms. The van der Waals surface area contributed by atoms with Crippen LogP contribution in [-0.4, -0.2) is 24.3 Å². The van der Waals surface area contributed by atoms with Gasteiger partial charge in [0.2, 0.25) is 5.90 Å². The van der Waals surface area contributed by atoms with E-state index in [9.17, 15) is 5.11 Å². The summed E-state index contributed by atoms with van der Waals surface area (Å²) in [6.45, 7) is 4.39. The van der Waals surface area contributed by atoms with Crippen LogP contribution in [0.3, 0.4) is 0 Å². The van der Waals surface area contributed by atoms with Gasteiger partial charge in [-0.1, -0.05) is 50.2 Å². The van der Waals surface area contributed by atoms with Gasteiger partial charge in [0.05, 0.1) is 6.21 Å². The molecular formula is C20H21N3NiO. The summed E-state index contributed by atoms with van der Waals surface area (Å²) in [5.74, 6) is -0.0902. The molecule has 0 radical (unpaired) electrons. The van der Waals surface area contributed by atoms with Crippen molar-refractivity contribution in [1.82, 2.24) is 0 Å². The number of para-hydroxylation sites is 1. The molecule has 0 bridgehead atoms. The van der Waals surface area contributed by atoms with Crippen LogP contribution in [0.5, 0.6) is 0 Å². The number of aliphatic hydroxyl groups excluding tert-OH is 1. The van der Waals surface area contributed by atoms with E-state index < -0.39 is 0 Å². The van der Waals surface area contributed by atoms with Gasteiger partial charge in [-0.25, -0.2) is 0 Å². The van der Waals surface area contributed by atoms with Crippen molar-refractivity contribution in [2.75, 3.05) is 11.9 Å². The van der Waals surface area contributed by atoms with Crippen molar-refractivity contribution in [2.45, 2.75) is 19.3 Å². The van der Waals surface area contributed by atoms with Crippen molar-refractivity contribution in [1.29, 1.82) is 0 Å². The fraction of sp³-hybridized carbons (Fsp3) is 0.200. The summed E-state index contributed by atoms with van der Waals surface area (Å²) in [6, 6.07) is 17.5. The number of benzene rings is 2. The first-order valence-corrected chi connectivity index (χ1v) is 7.91. The fourth-order valence-corrected chi connectivity index (χ4v) is 3.14. The number of hydrogen-bond donors (Lipinski definition) is 1. The third-order valence-electron chi connectivity index (χ3n) is 4.42. The first-order valence-electron chi connectivity index (χ1n) is 7.91. The average molecular weight is 378 g/mol. The molecule has 3 rings (SSSR count). The molecule has 0 unspecified atom stereocenters. The molecule has 0 amide bonds. The Kier molecular flexibility index (Phi) is 5.81. The molecule has 0 fully saturated rings. The van der Waals surface area contributed by atoms with Crippen molar-refractivity contribution in [3.8, 4) is 0 Å². The van der Waals surface area contributed by atoms with Gasteiger partial charge in [-0.3, -0.25) is 0 Å². The molecule has 1 heterocycles. The number of allylic oxidation sites excluding steroid dienone is 2. The second kappa shape index (κ2) is 7.67. The number of fused-ring (bicyclic) bond motifs is 1. The van der Waals surface area contributed by atoms with Crippen LogP contribution in [0, 0.1) is 0 Å². The van der Waals surface area contributed by atoms with E-state index in [1.807, 2.05) is 30.3 Å². The van der Waals surface area contributed by atoms with E-state index in [0.29, 0.717) is 5.56 Å². The molecule has 1 N–H and O–H groups in total. The van der Waals surface area contributed by atoms with Crippen LogP contribution in [-0.2, 0) is 21.9 Å². The molecule has 0 atom stereocenters. The predicted molar refractivity (Wildman–Crippen MR) is 100 cm³/mol.